The summed E-state index contributed by atoms with van der Waals surface area (Å²) in [5, 5.41) is 3.43. The first kappa shape index (κ1) is 17.8. The Morgan fingerprint density at radius 2 is 1.78 bits per heavy atom. The standard InChI is InChI=1S/C17H24ClN3O2/c1-17(2,16(23)21-10-8-20(3)9-11-21)15(22)19-12-13-6-4-5-7-14(13)18/h4-7H,8-12H2,1-3H3,(H,19,22). The van der Waals surface area contributed by atoms with Crippen molar-refractivity contribution in [3.8, 4) is 0 Å². The fourth-order valence-corrected chi connectivity index (χ4v) is 2.74. The van der Waals surface area contributed by atoms with Crippen LogP contribution in [-0.2, 0) is 16.1 Å². The lowest BCUT2D eigenvalue weighted by Gasteiger charge is -2.36. The number of amides is 2. The van der Waals surface area contributed by atoms with E-state index in [-0.39, 0.29) is 11.8 Å². The van der Waals surface area contributed by atoms with Gasteiger partial charge < -0.3 is 15.1 Å². The molecule has 23 heavy (non-hydrogen) atoms. The second-order valence-electron chi connectivity index (χ2n) is 6.49. The summed E-state index contributed by atoms with van der Waals surface area (Å²) < 4.78 is 0. The van der Waals surface area contributed by atoms with Crippen LogP contribution >= 0.6 is 11.6 Å². The molecule has 0 spiro atoms. The maximum atomic E-state index is 12.7. The SMILES string of the molecule is CN1CCN(C(=O)C(C)(C)C(=O)NCc2ccccc2Cl)CC1. The van der Waals surface area contributed by atoms with Gasteiger partial charge >= 0.3 is 0 Å². The van der Waals surface area contributed by atoms with Crippen LogP contribution < -0.4 is 5.32 Å². The molecule has 0 unspecified atom stereocenters. The van der Waals surface area contributed by atoms with Gasteiger partial charge in [0.15, 0.2) is 0 Å². The molecule has 2 rings (SSSR count). The third kappa shape index (κ3) is 4.24. The van der Waals surface area contributed by atoms with Crippen LogP contribution in [0.15, 0.2) is 24.3 Å². The average molecular weight is 338 g/mol. The Morgan fingerprint density at radius 1 is 1.17 bits per heavy atom. The molecule has 0 aromatic heterocycles. The molecular weight excluding hydrogens is 314 g/mol. The topological polar surface area (TPSA) is 52.7 Å². The summed E-state index contributed by atoms with van der Waals surface area (Å²) in [6.07, 6.45) is 0. The van der Waals surface area contributed by atoms with Crippen molar-refractivity contribution in [1.82, 2.24) is 15.1 Å². The molecular formula is C17H24ClN3O2. The molecule has 6 heteroatoms. The van der Waals surface area contributed by atoms with E-state index in [2.05, 4.69) is 10.2 Å². The van der Waals surface area contributed by atoms with Crippen LogP contribution in [0.1, 0.15) is 19.4 Å². The maximum Gasteiger partial charge on any atom is 0.237 e. The Bertz CT molecular complexity index is 581. The van der Waals surface area contributed by atoms with Gasteiger partial charge in [-0.3, -0.25) is 9.59 Å². The highest BCUT2D eigenvalue weighted by Gasteiger charge is 2.39. The summed E-state index contributed by atoms with van der Waals surface area (Å²) in [5.41, 5.74) is -0.248. The lowest BCUT2D eigenvalue weighted by molar-refractivity contribution is -0.149. The minimum absolute atomic E-state index is 0.123. The van der Waals surface area contributed by atoms with E-state index in [0.29, 0.717) is 24.7 Å². The first-order valence-electron chi connectivity index (χ1n) is 7.82. The largest absolute Gasteiger partial charge is 0.351 e. The van der Waals surface area contributed by atoms with Crippen molar-refractivity contribution in [2.75, 3.05) is 33.2 Å². The Hall–Kier alpha value is -1.59. The smallest absolute Gasteiger partial charge is 0.237 e. The lowest BCUT2D eigenvalue weighted by Crippen LogP contribution is -2.54. The van der Waals surface area contributed by atoms with Crippen molar-refractivity contribution in [1.29, 1.82) is 0 Å². The monoisotopic (exact) mass is 337 g/mol. The molecule has 2 amide bonds. The van der Waals surface area contributed by atoms with Crippen molar-refractivity contribution in [2.24, 2.45) is 5.41 Å². The van der Waals surface area contributed by atoms with Gasteiger partial charge in [0, 0.05) is 37.7 Å². The summed E-state index contributed by atoms with van der Waals surface area (Å²) in [4.78, 5) is 29.1. The number of benzene rings is 1. The van der Waals surface area contributed by atoms with E-state index in [9.17, 15) is 9.59 Å². The second-order valence-corrected chi connectivity index (χ2v) is 6.90. The van der Waals surface area contributed by atoms with Crippen LogP contribution in [0.5, 0.6) is 0 Å². The number of hydrogen-bond acceptors (Lipinski definition) is 3. The van der Waals surface area contributed by atoms with Crippen LogP contribution in [-0.4, -0.2) is 54.8 Å². The van der Waals surface area contributed by atoms with Gasteiger partial charge in [-0.25, -0.2) is 0 Å². The lowest BCUT2D eigenvalue weighted by atomic mass is 9.90. The predicted octanol–water partition coefficient (Wildman–Crippen LogP) is 1.76. The number of carbonyl (C=O) groups is 2. The van der Waals surface area contributed by atoms with Gasteiger partial charge in [0.05, 0.1) is 0 Å². The number of piperazine rings is 1. The fraction of sp³-hybridized carbons (Fsp3) is 0.529. The zero-order chi connectivity index (χ0) is 17.0. The summed E-state index contributed by atoms with van der Waals surface area (Å²) >= 11 is 6.09. The summed E-state index contributed by atoms with van der Waals surface area (Å²) in [5.74, 6) is -0.399. The van der Waals surface area contributed by atoms with E-state index in [0.717, 1.165) is 18.7 Å². The molecule has 1 N–H and O–H groups in total. The number of hydrogen-bond donors (Lipinski definition) is 1. The second kappa shape index (κ2) is 7.32. The maximum absolute atomic E-state index is 12.7. The molecule has 1 aliphatic heterocycles. The zero-order valence-corrected chi connectivity index (χ0v) is 14.7. The van der Waals surface area contributed by atoms with E-state index >= 15 is 0 Å². The van der Waals surface area contributed by atoms with Crippen molar-refractivity contribution >= 4 is 23.4 Å². The minimum Gasteiger partial charge on any atom is -0.351 e. The van der Waals surface area contributed by atoms with E-state index in [1.807, 2.05) is 25.2 Å². The summed E-state index contributed by atoms with van der Waals surface area (Å²) in [7, 11) is 2.03. The highest BCUT2D eigenvalue weighted by molar-refractivity contribution is 6.31. The van der Waals surface area contributed by atoms with Gasteiger partial charge in [-0.15, -0.1) is 0 Å². The Kier molecular flexibility index (Phi) is 5.65. The molecule has 0 radical (unpaired) electrons. The predicted molar refractivity (Wildman–Crippen MR) is 91.2 cm³/mol. The van der Waals surface area contributed by atoms with Crippen molar-refractivity contribution < 1.29 is 9.59 Å². The Labute approximate surface area is 142 Å². The minimum atomic E-state index is -1.09. The van der Waals surface area contributed by atoms with Crippen molar-refractivity contribution in [2.45, 2.75) is 20.4 Å². The van der Waals surface area contributed by atoms with Crippen LogP contribution in [0.2, 0.25) is 5.02 Å². The molecule has 1 aromatic carbocycles. The first-order chi connectivity index (χ1) is 10.8. The number of carbonyl (C=O) groups excluding carboxylic acids is 2. The summed E-state index contributed by atoms with van der Waals surface area (Å²) in [6.45, 7) is 6.67. The normalized spacial score (nSPS) is 16.3. The third-order valence-corrected chi connectivity index (χ3v) is 4.66. The van der Waals surface area contributed by atoms with Crippen molar-refractivity contribution in [3.05, 3.63) is 34.9 Å². The number of nitrogens with zero attached hydrogens (tertiary/aromatic N) is 2. The molecule has 5 nitrogen and oxygen atoms in total. The molecule has 1 fully saturated rings. The molecule has 0 atom stereocenters. The highest BCUT2D eigenvalue weighted by atomic mass is 35.5. The Balaban J connectivity index is 1.96. The first-order valence-corrected chi connectivity index (χ1v) is 8.20. The average Bonchev–Trinajstić information content (AvgIpc) is 2.53. The molecule has 126 valence electrons. The number of nitrogens with one attached hydrogen (secondary N) is 1. The van der Waals surface area contributed by atoms with Gasteiger partial charge in [0.2, 0.25) is 11.8 Å². The van der Waals surface area contributed by atoms with Gasteiger partial charge in [0.25, 0.3) is 0 Å². The quantitative estimate of drug-likeness (QED) is 0.852. The van der Waals surface area contributed by atoms with E-state index in [4.69, 9.17) is 11.6 Å². The summed E-state index contributed by atoms with van der Waals surface area (Å²) in [6, 6.07) is 7.35. The van der Waals surface area contributed by atoms with Gasteiger partial charge in [-0.05, 0) is 32.5 Å². The van der Waals surface area contributed by atoms with Gasteiger partial charge in [-0.2, -0.15) is 0 Å². The Morgan fingerprint density at radius 3 is 2.39 bits per heavy atom. The highest BCUT2D eigenvalue weighted by Crippen LogP contribution is 2.21. The van der Waals surface area contributed by atoms with Crippen LogP contribution in [0.4, 0.5) is 0 Å². The van der Waals surface area contributed by atoms with Crippen LogP contribution in [0.25, 0.3) is 0 Å². The van der Waals surface area contributed by atoms with Gasteiger partial charge in [-0.1, -0.05) is 29.8 Å². The van der Waals surface area contributed by atoms with Crippen LogP contribution in [0.3, 0.4) is 0 Å². The molecule has 0 bridgehead atoms. The number of rotatable bonds is 4. The molecule has 1 aromatic rings. The molecule has 1 heterocycles. The van der Waals surface area contributed by atoms with Gasteiger partial charge in [0.1, 0.15) is 5.41 Å². The van der Waals surface area contributed by atoms with E-state index in [1.165, 1.54) is 0 Å². The van der Waals surface area contributed by atoms with Crippen LogP contribution in [0, 0.1) is 5.41 Å². The van der Waals surface area contributed by atoms with Crippen molar-refractivity contribution in [3.63, 3.8) is 0 Å². The molecule has 0 saturated carbocycles. The number of halogens is 1. The fourth-order valence-electron chi connectivity index (χ4n) is 2.54. The number of likely N-dealkylation sites (N-methyl/N-ethyl adjacent to an activating group) is 1. The zero-order valence-electron chi connectivity index (χ0n) is 13.9. The van der Waals surface area contributed by atoms with E-state index < -0.39 is 5.41 Å². The molecule has 0 aliphatic carbocycles. The molecule has 1 saturated heterocycles. The third-order valence-electron chi connectivity index (χ3n) is 4.29. The van der Waals surface area contributed by atoms with E-state index in [1.54, 1.807) is 24.8 Å². The molecule has 1 aliphatic rings.